The zero-order valence-corrected chi connectivity index (χ0v) is 11.5. The topological polar surface area (TPSA) is 17.8 Å². The molecule has 1 heterocycles. The molecule has 0 spiro atoms. The van der Waals surface area contributed by atoms with Crippen molar-refractivity contribution >= 4 is 27.5 Å². The van der Waals surface area contributed by atoms with Crippen molar-refractivity contribution in [3.63, 3.8) is 0 Å². The third kappa shape index (κ3) is 2.15. The molecule has 84 valence electrons. The number of nitrogens with zero attached hydrogens (tertiary/aromatic N) is 2. The number of halogens is 2. The molecular formula is C12H12BrClN2. The molecule has 4 heteroatoms. The first-order valence-corrected chi connectivity index (χ1v) is 6.32. The zero-order chi connectivity index (χ0) is 11.7. The van der Waals surface area contributed by atoms with Gasteiger partial charge in [-0.2, -0.15) is 5.10 Å². The molecule has 2 rings (SSSR count). The van der Waals surface area contributed by atoms with Gasteiger partial charge in [0.2, 0.25) is 0 Å². The average molecular weight is 300 g/mol. The van der Waals surface area contributed by atoms with Gasteiger partial charge in [-0.15, -0.1) is 11.6 Å². The lowest BCUT2D eigenvalue weighted by atomic mass is 10.2. The smallest absolute Gasteiger partial charge is 0.0779 e. The first-order valence-electron chi connectivity index (χ1n) is 5.00. The number of hydrogen-bond donors (Lipinski definition) is 0. The molecule has 0 aliphatic rings. The number of benzene rings is 1. The van der Waals surface area contributed by atoms with Crippen LogP contribution >= 0.6 is 27.5 Å². The normalized spacial score (nSPS) is 10.8. The fourth-order valence-corrected chi connectivity index (χ4v) is 2.31. The lowest BCUT2D eigenvalue weighted by Crippen LogP contribution is -2.01. The fourth-order valence-electron chi connectivity index (χ4n) is 1.70. The lowest BCUT2D eigenvalue weighted by molar-refractivity contribution is 0.824. The number of aromatic nitrogens is 2. The standard InChI is InChI=1S/C12H12BrClN2/c1-8-5-10(13)3-4-12(8)16-9(2)6-11(7-14)15-16/h3-6H,7H2,1-2H3. The van der Waals surface area contributed by atoms with E-state index in [0.29, 0.717) is 5.88 Å². The summed E-state index contributed by atoms with van der Waals surface area (Å²) in [7, 11) is 0. The van der Waals surface area contributed by atoms with E-state index >= 15 is 0 Å². The summed E-state index contributed by atoms with van der Waals surface area (Å²) in [5, 5.41) is 4.46. The molecule has 0 fully saturated rings. The van der Waals surface area contributed by atoms with Crippen LogP contribution in [0, 0.1) is 13.8 Å². The minimum Gasteiger partial charge on any atom is -0.238 e. The van der Waals surface area contributed by atoms with Gasteiger partial charge in [-0.3, -0.25) is 0 Å². The molecule has 0 radical (unpaired) electrons. The highest BCUT2D eigenvalue weighted by molar-refractivity contribution is 9.10. The summed E-state index contributed by atoms with van der Waals surface area (Å²) < 4.78 is 3.01. The van der Waals surface area contributed by atoms with E-state index in [1.807, 2.05) is 23.7 Å². The van der Waals surface area contributed by atoms with Gasteiger partial charge in [0.25, 0.3) is 0 Å². The Morgan fingerprint density at radius 1 is 1.31 bits per heavy atom. The molecule has 0 aliphatic heterocycles. The van der Waals surface area contributed by atoms with Crippen molar-refractivity contribution in [2.75, 3.05) is 0 Å². The van der Waals surface area contributed by atoms with Crippen molar-refractivity contribution in [2.24, 2.45) is 0 Å². The van der Waals surface area contributed by atoms with Crippen molar-refractivity contribution in [1.82, 2.24) is 9.78 Å². The van der Waals surface area contributed by atoms with Crippen molar-refractivity contribution in [3.05, 3.63) is 45.7 Å². The first kappa shape index (κ1) is 11.7. The molecule has 2 nitrogen and oxygen atoms in total. The van der Waals surface area contributed by atoms with Crippen LogP contribution in [-0.4, -0.2) is 9.78 Å². The highest BCUT2D eigenvalue weighted by Crippen LogP contribution is 2.21. The van der Waals surface area contributed by atoms with Gasteiger partial charge in [0, 0.05) is 10.2 Å². The van der Waals surface area contributed by atoms with Gasteiger partial charge >= 0.3 is 0 Å². The summed E-state index contributed by atoms with van der Waals surface area (Å²) in [6.45, 7) is 4.10. The summed E-state index contributed by atoms with van der Waals surface area (Å²) in [6.07, 6.45) is 0. The third-order valence-electron chi connectivity index (χ3n) is 2.46. The van der Waals surface area contributed by atoms with Gasteiger partial charge in [0.05, 0.1) is 17.3 Å². The number of aryl methyl sites for hydroxylation is 2. The highest BCUT2D eigenvalue weighted by atomic mass is 79.9. The molecule has 0 unspecified atom stereocenters. The Labute approximate surface area is 108 Å². The summed E-state index contributed by atoms with van der Waals surface area (Å²) in [4.78, 5) is 0. The van der Waals surface area contributed by atoms with E-state index in [1.54, 1.807) is 0 Å². The van der Waals surface area contributed by atoms with E-state index < -0.39 is 0 Å². The Hall–Kier alpha value is -0.800. The molecule has 0 saturated carbocycles. The van der Waals surface area contributed by atoms with E-state index in [0.717, 1.165) is 21.5 Å². The first-order chi connectivity index (χ1) is 7.61. The third-order valence-corrected chi connectivity index (χ3v) is 3.23. The van der Waals surface area contributed by atoms with Crippen LogP contribution in [-0.2, 0) is 5.88 Å². The van der Waals surface area contributed by atoms with Crippen LogP contribution in [0.5, 0.6) is 0 Å². The van der Waals surface area contributed by atoms with Crippen molar-refractivity contribution in [3.8, 4) is 5.69 Å². The van der Waals surface area contributed by atoms with E-state index in [4.69, 9.17) is 11.6 Å². The molecule has 0 aliphatic carbocycles. The molecule has 16 heavy (non-hydrogen) atoms. The molecule has 1 aromatic heterocycles. The van der Waals surface area contributed by atoms with Gasteiger partial charge in [0.15, 0.2) is 0 Å². The van der Waals surface area contributed by atoms with Crippen LogP contribution in [0.2, 0.25) is 0 Å². The summed E-state index contributed by atoms with van der Waals surface area (Å²) >= 11 is 9.24. The number of hydrogen-bond acceptors (Lipinski definition) is 1. The van der Waals surface area contributed by atoms with Gasteiger partial charge in [-0.1, -0.05) is 15.9 Å². The summed E-state index contributed by atoms with van der Waals surface area (Å²) in [5.74, 6) is 0.448. The second-order valence-electron chi connectivity index (χ2n) is 3.75. The Balaban J connectivity index is 2.53. The summed E-state index contributed by atoms with van der Waals surface area (Å²) in [6, 6.07) is 8.16. The maximum atomic E-state index is 5.78. The van der Waals surface area contributed by atoms with E-state index in [-0.39, 0.29) is 0 Å². The second kappa shape index (κ2) is 4.60. The van der Waals surface area contributed by atoms with E-state index in [1.165, 1.54) is 5.56 Å². The number of rotatable bonds is 2. The monoisotopic (exact) mass is 298 g/mol. The van der Waals surface area contributed by atoms with Crippen LogP contribution in [0.15, 0.2) is 28.7 Å². The van der Waals surface area contributed by atoms with Crippen molar-refractivity contribution in [2.45, 2.75) is 19.7 Å². The van der Waals surface area contributed by atoms with E-state index in [2.05, 4.69) is 40.1 Å². The van der Waals surface area contributed by atoms with Crippen LogP contribution in [0.3, 0.4) is 0 Å². The molecule has 1 aromatic carbocycles. The SMILES string of the molecule is Cc1cc(Br)ccc1-n1nc(CCl)cc1C. The fraction of sp³-hybridized carbons (Fsp3) is 0.250. The predicted molar refractivity (Wildman–Crippen MR) is 70.3 cm³/mol. The highest BCUT2D eigenvalue weighted by Gasteiger charge is 2.07. The minimum absolute atomic E-state index is 0.448. The quantitative estimate of drug-likeness (QED) is 0.767. The predicted octanol–water partition coefficient (Wildman–Crippen LogP) is 3.99. The Kier molecular flexibility index (Phi) is 3.36. The Bertz CT molecular complexity index is 520. The van der Waals surface area contributed by atoms with Crippen LogP contribution in [0.25, 0.3) is 5.69 Å². The lowest BCUT2D eigenvalue weighted by Gasteiger charge is -2.08. The molecular weight excluding hydrogens is 288 g/mol. The van der Waals surface area contributed by atoms with Gasteiger partial charge in [-0.25, -0.2) is 4.68 Å². The van der Waals surface area contributed by atoms with Gasteiger partial charge in [0.1, 0.15) is 0 Å². The van der Waals surface area contributed by atoms with Crippen LogP contribution in [0.1, 0.15) is 17.0 Å². The van der Waals surface area contributed by atoms with E-state index in [9.17, 15) is 0 Å². The molecule has 0 atom stereocenters. The zero-order valence-electron chi connectivity index (χ0n) is 9.17. The molecule has 2 aromatic rings. The Morgan fingerprint density at radius 3 is 2.62 bits per heavy atom. The average Bonchev–Trinajstić information content (AvgIpc) is 2.60. The molecule has 0 saturated heterocycles. The number of alkyl halides is 1. The maximum absolute atomic E-state index is 5.78. The molecule has 0 amide bonds. The van der Waals surface area contributed by atoms with Gasteiger partial charge < -0.3 is 0 Å². The second-order valence-corrected chi connectivity index (χ2v) is 4.94. The largest absolute Gasteiger partial charge is 0.238 e. The van der Waals surface area contributed by atoms with Gasteiger partial charge in [-0.05, 0) is 43.7 Å². The van der Waals surface area contributed by atoms with Crippen LogP contribution < -0.4 is 0 Å². The molecule has 0 bridgehead atoms. The van der Waals surface area contributed by atoms with Crippen molar-refractivity contribution < 1.29 is 0 Å². The van der Waals surface area contributed by atoms with Crippen molar-refractivity contribution in [1.29, 1.82) is 0 Å². The van der Waals surface area contributed by atoms with Crippen LogP contribution in [0.4, 0.5) is 0 Å². The maximum Gasteiger partial charge on any atom is 0.0779 e. The minimum atomic E-state index is 0.448. The Morgan fingerprint density at radius 2 is 2.06 bits per heavy atom. The summed E-state index contributed by atoms with van der Waals surface area (Å²) in [5.41, 5.74) is 4.28. The molecule has 0 N–H and O–H groups in total.